The number of sulfonamides is 1. The lowest BCUT2D eigenvalue weighted by molar-refractivity contribution is 0.146. The quantitative estimate of drug-likeness (QED) is 0.146. The fraction of sp³-hybridized carbons (Fsp3) is 0.667. The van der Waals surface area contributed by atoms with Crippen LogP contribution in [0.4, 0.5) is 0 Å². The van der Waals surface area contributed by atoms with Crippen LogP contribution in [0.2, 0.25) is 0 Å². The fourth-order valence-corrected chi connectivity index (χ4v) is 3.99. The van der Waals surface area contributed by atoms with Crippen molar-refractivity contribution in [2.45, 2.75) is 39.7 Å². The second-order valence-electron chi connectivity index (χ2n) is 7.54. The van der Waals surface area contributed by atoms with Crippen LogP contribution in [0, 0.1) is 12.8 Å². The van der Waals surface area contributed by atoms with Crippen molar-refractivity contribution in [3.05, 3.63) is 29.3 Å². The Kier molecular flexibility index (Phi) is 13.4. The number of guanidine groups is 1. The van der Waals surface area contributed by atoms with Gasteiger partial charge in [-0.25, -0.2) is 18.1 Å². The van der Waals surface area contributed by atoms with Crippen molar-refractivity contribution >= 4 is 40.0 Å². The van der Waals surface area contributed by atoms with Gasteiger partial charge in [0.25, 0.3) is 0 Å². The second kappa shape index (κ2) is 14.9. The van der Waals surface area contributed by atoms with Crippen LogP contribution in [0.1, 0.15) is 37.3 Å². The third-order valence-corrected chi connectivity index (χ3v) is 6.35. The monoisotopic (exact) mass is 568 g/mol. The van der Waals surface area contributed by atoms with Crippen LogP contribution < -0.4 is 20.1 Å². The number of hydrogen-bond acceptors (Lipinski definition) is 5. The summed E-state index contributed by atoms with van der Waals surface area (Å²) >= 11 is 0. The van der Waals surface area contributed by atoms with Gasteiger partial charge >= 0.3 is 0 Å². The van der Waals surface area contributed by atoms with E-state index in [9.17, 15) is 8.42 Å². The van der Waals surface area contributed by atoms with Crippen molar-refractivity contribution < 1.29 is 17.9 Å². The Morgan fingerprint density at radius 2 is 2.00 bits per heavy atom. The van der Waals surface area contributed by atoms with Gasteiger partial charge < -0.3 is 20.1 Å². The molecular weight excluding hydrogens is 531 g/mol. The van der Waals surface area contributed by atoms with Crippen molar-refractivity contribution in [1.29, 1.82) is 0 Å². The van der Waals surface area contributed by atoms with Crippen LogP contribution in [0.3, 0.4) is 0 Å². The third kappa shape index (κ3) is 10.8. The predicted molar refractivity (Wildman–Crippen MR) is 136 cm³/mol. The Labute approximate surface area is 204 Å². The predicted octanol–water partition coefficient (Wildman–Crippen LogP) is 2.41. The molecule has 8 nitrogen and oxygen atoms in total. The lowest BCUT2D eigenvalue weighted by atomic mass is 9.86. The summed E-state index contributed by atoms with van der Waals surface area (Å²) in [7, 11) is -1.64. The minimum atomic E-state index is -3.28. The average Bonchev–Trinajstić information content (AvgIpc) is 2.66. The Hall–Kier alpha value is -1.11. The zero-order valence-electron chi connectivity index (χ0n) is 18.8. The number of nitrogens with zero attached hydrogens (tertiary/aromatic N) is 1. The van der Waals surface area contributed by atoms with Crippen LogP contribution in [0.5, 0.6) is 5.75 Å². The van der Waals surface area contributed by atoms with E-state index in [2.05, 4.69) is 20.3 Å². The topological polar surface area (TPSA) is 101 Å². The molecule has 1 aliphatic rings. The first kappa shape index (κ1) is 27.9. The summed E-state index contributed by atoms with van der Waals surface area (Å²) < 4.78 is 37.9. The van der Waals surface area contributed by atoms with E-state index in [0.717, 1.165) is 29.7 Å². The molecule has 0 spiro atoms. The molecule has 0 unspecified atom stereocenters. The number of ether oxygens (including phenoxy) is 2. The molecule has 0 bridgehead atoms. The number of methoxy groups -OCH3 is 1. The van der Waals surface area contributed by atoms with Crippen molar-refractivity contribution in [2.75, 3.05) is 45.7 Å². The van der Waals surface area contributed by atoms with Crippen molar-refractivity contribution in [1.82, 2.24) is 15.4 Å². The first-order valence-electron chi connectivity index (χ1n) is 10.6. The van der Waals surface area contributed by atoms with E-state index in [4.69, 9.17) is 9.47 Å². The molecule has 0 heterocycles. The molecule has 2 rings (SSSR count). The first-order valence-corrected chi connectivity index (χ1v) is 12.3. The number of aryl methyl sites for hydroxylation is 1. The Bertz CT molecular complexity index is 786. The van der Waals surface area contributed by atoms with Gasteiger partial charge in [-0.15, -0.1) is 24.0 Å². The largest absolute Gasteiger partial charge is 0.491 e. The highest BCUT2D eigenvalue weighted by Crippen LogP contribution is 2.25. The van der Waals surface area contributed by atoms with Crippen molar-refractivity contribution in [3.63, 3.8) is 0 Å². The lowest BCUT2D eigenvalue weighted by Crippen LogP contribution is -2.42. The molecule has 31 heavy (non-hydrogen) atoms. The van der Waals surface area contributed by atoms with Crippen LogP contribution in [-0.2, 0) is 21.3 Å². The minimum absolute atomic E-state index is 0. The number of benzene rings is 1. The molecule has 0 saturated heterocycles. The molecule has 0 radical (unpaired) electrons. The number of hydrogen-bond donors (Lipinski definition) is 3. The summed E-state index contributed by atoms with van der Waals surface area (Å²) in [6.45, 7) is 6.92. The van der Waals surface area contributed by atoms with E-state index in [1.165, 1.54) is 6.42 Å². The maximum absolute atomic E-state index is 12.2. The molecule has 1 fully saturated rings. The molecule has 1 saturated carbocycles. The normalized spacial score (nSPS) is 14.5. The highest BCUT2D eigenvalue weighted by atomic mass is 127. The van der Waals surface area contributed by atoms with E-state index in [0.29, 0.717) is 44.7 Å². The summed E-state index contributed by atoms with van der Waals surface area (Å²) in [5.74, 6) is 1.88. The lowest BCUT2D eigenvalue weighted by Gasteiger charge is -2.25. The summed E-state index contributed by atoms with van der Waals surface area (Å²) in [6.07, 6.45) is 3.44. The molecular formula is C21H37IN4O4S. The Morgan fingerprint density at radius 1 is 1.23 bits per heavy atom. The third-order valence-electron chi connectivity index (χ3n) is 5.00. The highest BCUT2D eigenvalue weighted by molar-refractivity contribution is 14.0. The van der Waals surface area contributed by atoms with E-state index >= 15 is 0 Å². The van der Waals surface area contributed by atoms with Crippen LogP contribution in [0.15, 0.2) is 23.2 Å². The smallest absolute Gasteiger partial charge is 0.213 e. The Morgan fingerprint density at radius 3 is 2.65 bits per heavy atom. The summed E-state index contributed by atoms with van der Waals surface area (Å²) in [4.78, 5) is 4.59. The maximum atomic E-state index is 12.2. The molecule has 0 amide bonds. The number of aliphatic imine (C=N–C) groups is 1. The van der Waals surface area contributed by atoms with E-state index in [-0.39, 0.29) is 36.3 Å². The van der Waals surface area contributed by atoms with Gasteiger partial charge in [-0.1, -0.05) is 18.6 Å². The molecule has 0 aromatic heterocycles. The van der Waals surface area contributed by atoms with Gasteiger partial charge in [0.2, 0.25) is 10.0 Å². The molecule has 3 N–H and O–H groups in total. The van der Waals surface area contributed by atoms with Crippen LogP contribution >= 0.6 is 24.0 Å². The first-order chi connectivity index (χ1) is 14.4. The van der Waals surface area contributed by atoms with Gasteiger partial charge in [0.05, 0.1) is 18.9 Å². The second-order valence-corrected chi connectivity index (χ2v) is 9.47. The molecule has 0 atom stereocenters. The highest BCUT2D eigenvalue weighted by Gasteiger charge is 2.20. The fourth-order valence-electron chi connectivity index (χ4n) is 2.99. The molecule has 1 aliphatic carbocycles. The van der Waals surface area contributed by atoms with Gasteiger partial charge in [-0.3, -0.25) is 0 Å². The zero-order valence-corrected chi connectivity index (χ0v) is 21.9. The molecule has 0 aliphatic heterocycles. The minimum Gasteiger partial charge on any atom is -0.491 e. The van der Waals surface area contributed by atoms with Crippen molar-refractivity contribution in [2.24, 2.45) is 10.9 Å². The molecule has 1 aromatic rings. The van der Waals surface area contributed by atoms with Crippen LogP contribution in [0.25, 0.3) is 0 Å². The standard InChI is InChI=1S/C21H36N4O4S.HI/c1-4-22-21(23-10-13-30(26,27)25-15-18-6-5-7-18)24-16-19-9-8-17(2)14-20(19)29-12-11-28-3;/h8-9,14,18,25H,4-7,10-13,15-16H2,1-3H3,(H2,22,23,24);1H. The summed E-state index contributed by atoms with van der Waals surface area (Å²) in [5.41, 5.74) is 2.07. The van der Waals surface area contributed by atoms with Crippen LogP contribution in [-0.4, -0.2) is 60.1 Å². The van der Waals surface area contributed by atoms with E-state index < -0.39 is 10.0 Å². The summed E-state index contributed by atoms with van der Waals surface area (Å²) in [5, 5.41) is 6.26. The Balaban J connectivity index is 0.00000480. The number of halogens is 1. The molecule has 178 valence electrons. The number of rotatable bonds is 13. The average molecular weight is 569 g/mol. The van der Waals surface area contributed by atoms with Gasteiger partial charge in [-0.05, 0) is 44.2 Å². The number of nitrogens with one attached hydrogen (secondary N) is 3. The van der Waals surface area contributed by atoms with Gasteiger partial charge in [0.15, 0.2) is 5.96 Å². The van der Waals surface area contributed by atoms with Gasteiger partial charge in [0, 0.05) is 32.3 Å². The van der Waals surface area contributed by atoms with Crippen molar-refractivity contribution in [3.8, 4) is 5.75 Å². The van der Waals surface area contributed by atoms with Gasteiger partial charge in [0.1, 0.15) is 12.4 Å². The van der Waals surface area contributed by atoms with Gasteiger partial charge in [-0.2, -0.15) is 0 Å². The molecule has 1 aromatic carbocycles. The maximum Gasteiger partial charge on any atom is 0.213 e. The summed E-state index contributed by atoms with van der Waals surface area (Å²) in [6, 6.07) is 6.01. The zero-order chi connectivity index (χ0) is 21.8. The van der Waals surface area contributed by atoms with E-state index in [1.807, 2.05) is 32.0 Å². The van der Waals surface area contributed by atoms with E-state index in [1.54, 1.807) is 7.11 Å². The molecule has 10 heteroatoms. The SMILES string of the molecule is CCNC(=NCc1ccc(C)cc1OCCOC)NCCS(=O)(=O)NCC1CCC1.I.